The normalized spacial score (nSPS) is 11.4. The van der Waals surface area contributed by atoms with E-state index in [4.69, 9.17) is 0 Å². The Kier molecular flexibility index (Phi) is 6.28. The molecule has 0 unspecified atom stereocenters. The van der Waals surface area contributed by atoms with Crippen molar-refractivity contribution in [3.8, 4) is 0 Å². The quantitative estimate of drug-likeness (QED) is 0.690. The molecule has 0 amide bonds. The van der Waals surface area contributed by atoms with Crippen molar-refractivity contribution in [2.75, 3.05) is 20.1 Å². The average Bonchev–Trinajstić information content (AvgIpc) is 2.28. The van der Waals surface area contributed by atoms with Gasteiger partial charge in [0.1, 0.15) is 0 Å². The third kappa shape index (κ3) is 6.48. The van der Waals surface area contributed by atoms with Gasteiger partial charge < -0.3 is 4.90 Å². The molecule has 1 aromatic carbocycles. The Labute approximate surface area is 107 Å². The molecule has 1 aromatic rings. The van der Waals surface area contributed by atoms with E-state index in [1.165, 1.54) is 43.5 Å². The second-order valence-electron chi connectivity index (χ2n) is 5.57. The van der Waals surface area contributed by atoms with E-state index in [-0.39, 0.29) is 0 Å². The molecule has 0 atom stereocenters. The van der Waals surface area contributed by atoms with Crippen LogP contribution in [0.1, 0.15) is 37.8 Å². The summed E-state index contributed by atoms with van der Waals surface area (Å²) >= 11 is 0. The molecular weight excluding hydrogens is 206 g/mol. The molecule has 1 rings (SSSR count). The fraction of sp³-hybridized carbons (Fsp3) is 0.625. The van der Waals surface area contributed by atoms with Crippen molar-refractivity contribution in [2.45, 2.75) is 40.0 Å². The lowest BCUT2D eigenvalue weighted by atomic mass is 10.1. The van der Waals surface area contributed by atoms with E-state index in [1.807, 2.05) is 0 Å². The number of nitrogens with zero attached hydrogens (tertiary/aromatic N) is 1. The molecule has 1 nitrogen and oxygen atoms in total. The molecule has 0 spiro atoms. The average molecular weight is 233 g/mol. The smallest absolute Gasteiger partial charge is 0.00188 e. The van der Waals surface area contributed by atoms with E-state index in [0.29, 0.717) is 0 Å². The van der Waals surface area contributed by atoms with Gasteiger partial charge in [-0.15, -0.1) is 0 Å². The van der Waals surface area contributed by atoms with Crippen LogP contribution >= 0.6 is 0 Å². The van der Waals surface area contributed by atoms with E-state index in [0.717, 1.165) is 5.92 Å². The van der Waals surface area contributed by atoms with Crippen LogP contribution in [0, 0.1) is 12.8 Å². The number of benzene rings is 1. The van der Waals surface area contributed by atoms with Gasteiger partial charge in [0.05, 0.1) is 0 Å². The van der Waals surface area contributed by atoms with Crippen LogP contribution in [0.2, 0.25) is 0 Å². The van der Waals surface area contributed by atoms with E-state index in [2.05, 4.69) is 57.0 Å². The maximum absolute atomic E-state index is 2.45. The monoisotopic (exact) mass is 233 g/mol. The van der Waals surface area contributed by atoms with Crippen LogP contribution in [0.3, 0.4) is 0 Å². The molecule has 17 heavy (non-hydrogen) atoms. The molecule has 0 saturated heterocycles. The minimum absolute atomic E-state index is 0.834. The molecule has 0 saturated carbocycles. The highest BCUT2D eigenvalue weighted by molar-refractivity contribution is 5.21. The molecule has 0 heterocycles. The Bertz CT molecular complexity index is 300. The van der Waals surface area contributed by atoms with E-state index < -0.39 is 0 Å². The first-order valence-corrected chi connectivity index (χ1v) is 6.82. The Balaban J connectivity index is 2.19. The molecule has 0 aliphatic heterocycles. The van der Waals surface area contributed by atoms with Gasteiger partial charge in [-0.3, -0.25) is 0 Å². The first kappa shape index (κ1) is 14.2. The lowest BCUT2D eigenvalue weighted by molar-refractivity contribution is 0.321. The topological polar surface area (TPSA) is 3.24 Å². The summed E-state index contributed by atoms with van der Waals surface area (Å²) in [6, 6.07) is 8.90. The van der Waals surface area contributed by atoms with Crippen LogP contribution in [-0.4, -0.2) is 25.0 Å². The molecule has 0 fully saturated rings. The van der Waals surface area contributed by atoms with Crippen LogP contribution in [0.5, 0.6) is 0 Å². The van der Waals surface area contributed by atoms with E-state index >= 15 is 0 Å². The van der Waals surface area contributed by atoms with Gasteiger partial charge in [-0.05, 0) is 51.3 Å². The van der Waals surface area contributed by atoms with Crippen LogP contribution < -0.4 is 0 Å². The molecule has 0 N–H and O–H groups in total. The van der Waals surface area contributed by atoms with Gasteiger partial charge in [-0.1, -0.05) is 43.7 Å². The van der Waals surface area contributed by atoms with Crippen molar-refractivity contribution in [2.24, 2.45) is 5.92 Å². The van der Waals surface area contributed by atoms with Crippen molar-refractivity contribution >= 4 is 0 Å². The van der Waals surface area contributed by atoms with Crippen molar-refractivity contribution in [1.82, 2.24) is 4.90 Å². The summed E-state index contributed by atoms with van der Waals surface area (Å²) in [7, 11) is 2.23. The van der Waals surface area contributed by atoms with Gasteiger partial charge in [0, 0.05) is 6.54 Å². The lowest BCUT2D eigenvalue weighted by Crippen LogP contribution is -2.22. The summed E-state index contributed by atoms with van der Waals surface area (Å²) in [4.78, 5) is 2.45. The number of rotatable bonds is 7. The van der Waals surface area contributed by atoms with Crippen molar-refractivity contribution in [1.29, 1.82) is 0 Å². The number of aryl methyl sites for hydroxylation is 1. The molecule has 1 heteroatoms. The van der Waals surface area contributed by atoms with Crippen molar-refractivity contribution in [3.63, 3.8) is 0 Å². The summed E-state index contributed by atoms with van der Waals surface area (Å²) in [5.74, 6) is 0.834. The lowest BCUT2D eigenvalue weighted by Gasteiger charge is -2.17. The fourth-order valence-electron chi connectivity index (χ4n) is 1.96. The summed E-state index contributed by atoms with van der Waals surface area (Å²) in [6.45, 7) is 9.13. The van der Waals surface area contributed by atoms with Gasteiger partial charge in [-0.2, -0.15) is 0 Å². The largest absolute Gasteiger partial charge is 0.306 e. The molecule has 0 aromatic heterocycles. The van der Waals surface area contributed by atoms with Crippen LogP contribution in [0.25, 0.3) is 0 Å². The maximum Gasteiger partial charge on any atom is 0.00188 e. The first-order valence-electron chi connectivity index (χ1n) is 6.82. The highest BCUT2D eigenvalue weighted by Gasteiger charge is 2.00. The Morgan fingerprint density at radius 2 is 1.71 bits per heavy atom. The summed E-state index contributed by atoms with van der Waals surface area (Å²) in [5, 5.41) is 0. The predicted molar refractivity (Wildman–Crippen MR) is 76.5 cm³/mol. The van der Waals surface area contributed by atoms with E-state index in [1.54, 1.807) is 0 Å². The number of hydrogen-bond donors (Lipinski definition) is 0. The molecular formula is C16H27N. The maximum atomic E-state index is 2.45. The summed E-state index contributed by atoms with van der Waals surface area (Å²) < 4.78 is 0. The molecule has 0 radical (unpaired) electrons. The van der Waals surface area contributed by atoms with Crippen LogP contribution in [0.4, 0.5) is 0 Å². The SMILES string of the molecule is Cc1ccc(CCN(C)CCCC(C)C)cc1. The molecule has 96 valence electrons. The zero-order valence-electron chi connectivity index (χ0n) is 11.9. The molecule has 0 aliphatic rings. The Hall–Kier alpha value is -0.820. The van der Waals surface area contributed by atoms with Gasteiger partial charge >= 0.3 is 0 Å². The Morgan fingerprint density at radius 3 is 2.29 bits per heavy atom. The standard InChI is InChI=1S/C16H27N/c1-14(2)6-5-12-17(4)13-11-16-9-7-15(3)8-10-16/h7-10,14H,5-6,11-13H2,1-4H3. The first-order chi connectivity index (χ1) is 8.08. The van der Waals surface area contributed by atoms with Crippen LogP contribution in [-0.2, 0) is 6.42 Å². The second kappa shape index (κ2) is 7.50. The zero-order valence-corrected chi connectivity index (χ0v) is 11.9. The van der Waals surface area contributed by atoms with Crippen molar-refractivity contribution in [3.05, 3.63) is 35.4 Å². The van der Waals surface area contributed by atoms with E-state index in [9.17, 15) is 0 Å². The van der Waals surface area contributed by atoms with Gasteiger partial charge in [0.25, 0.3) is 0 Å². The molecule has 0 bridgehead atoms. The Morgan fingerprint density at radius 1 is 1.06 bits per heavy atom. The highest BCUT2D eigenvalue weighted by Crippen LogP contribution is 2.06. The number of likely N-dealkylation sites (N-methyl/N-ethyl adjacent to an activating group) is 1. The summed E-state index contributed by atoms with van der Waals surface area (Å²) in [6.07, 6.45) is 3.83. The van der Waals surface area contributed by atoms with Gasteiger partial charge in [0.15, 0.2) is 0 Å². The van der Waals surface area contributed by atoms with Crippen molar-refractivity contribution < 1.29 is 0 Å². The summed E-state index contributed by atoms with van der Waals surface area (Å²) in [5.41, 5.74) is 2.80. The highest BCUT2D eigenvalue weighted by atomic mass is 15.1. The third-order valence-electron chi connectivity index (χ3n) is 3.22. The number of hydrogen-bond acceptors (Lipinski definition) is 1. The second-order valence-corrected chi connectivity index (χ2v) is 5.57. The minimum atomic E-state index is 0.834. The molecule has 0 aliphatic carbocycles. The fourth-order valence-corrected chi connectivity index (χ4v) is 1.96. The van der Waals surface area contributed by atoms with Crippen LogP contribution in [0.15, 0.2) is 24.3 Å². The zero-order chi connectivity index (χ0) is 12.7. The minimum Gasteiger partial charge on any atom is -0.306 e. The predicted octanol–water partition coefficient (Wildman–Crippen LogP) is 3.91. The third-order valence-corrected chi connectivity index (χ3v) is 3.22. The van der Waals surface area contributed by atoms with Gasteiger partial charge in [0.2, 0.25) is 0 Å². The van der Waals surface area contributed by atoms with Gasteiger partial charge in [-0.25, -0.2) is 0 Å².